The smallest absolute Gasteiger partial charge is 0.244 e. The summed E-state index contributed by atoms with van der Waals surface area (Å²) in [4.78, 5) is 6.89. The Hall–Kier alpha value is -1.10. The Morgan fingerprint density at radius 1 is 1.47 bits per heavy atom. The van der Waals surface area contributed by atoms with Crippen LogP contribution in [0.4, 0.5) is 5.95 Å². The van der Waals surface area contributed by atoms with E-state index in [1.165, 1.54) is 0 Å². The molecule has 0 spiro atoms. The Balaban J connectivity index is 2.12. The maximum atomic E-state index is 4.64. The Morgan fingerprint density at radius 2 is 2.24 bits per heavy atom. The first-order valence-corrected chi connectivity index (χ1v) is 6.44. The number of anilines is 1. The van der Waals surface area contributed by atoms with Crippen molar-refractivity contribution in [3.63, 3.8) is 0 Å². The Labute approximate surface area is 103 Å². The molecule has 0 saturated carbocycles. The highest BCUT2D eigenvalue weighted by Crippen LogP contribution is 2.24. The molecule has 5 nitrogen and oxygen atoms in total. The number of H-pyrrole nitrogens is 1. The number of hydrogen-bond donors (Lipinski definition) is 2. The number of hydrogen-bond acceptors (Lipinski definition) is 4. The summed E-state index contributed by atoms with van der Waals surface area (Å²) in [6.07, 6.45) is 1.06. The number of nitrogens with one attached hydrogen (secondary N) is 2. The number of aromatic amines is 1. The minimum atomic E-state index is 0.0743. The molecule has 0 aromatic carbocycles. The van der Waals surface area contributed by atoms with E-state index in [4.69, 9.17) is 0 Å². The zero-order chi connectivity index (χ0) is 12.5. The van der Waals surface area contributed by atoms with Gasteiger partial charge in [-0.15, -0.1) is 5.10 Å². The molecule has 1 atom stereocenters. The fourth-order valence-corrected chi connectivity index (χ4v) is 1.98. The number of aromatic nitrogens is 3. The number of nitrogens with zero attached hydrogens (tertiary/aromatic N) is 3. The van der Waals surface area contributed by atoms with Crippen molar-refractivity contribution in [3.8, 4) is 0 Å². The molecule has 1 fully saturated rings. The second-order valence-electron chi connectivity index (χ2n) is 5.52. The number of piperazine rings is 1. The second kappa shape index (κ2) is 4.64. The standard InChI is InChI=1S/C12H23N5/c1-5-12(3,4)10-14-11(16-15-10)17-7-6-13-9(2)8-17/h9,13H,5-8H2,1-4H3,(H,14,15,16). The maximum Gasteiger partial charge on any atom is 0.244 e. The average Bonchev–Trinajstić information content (AvgIpc) is 2.79. The van der Waals surface area contributed by atoms with E-state index < -0.39 is 0 Å². The van der Waals surface area contributed by atoms with Gasteiger partial charge in [0.2, 0.25) is 5.95 Å². The minimum absolute atomic E-state index is 0.0743. The molecule has 1 aromatic heterocycles. The first-order chi connectivity index (χ1) is 8.03. The quantitative estimate of drug-likeness (QED) is 0.832. The summed E-state index contributed by atoms with van der Waals surface area (Å²) < 4.78 is 0. The van der Waals surface area contributed by atoms with Crippen LogP contribution < -0.4 is 10.2 Å². The van der Waals surface area contributed by atoms with Crippen LogP contribution in [0.5, 0.6) is 0 Å². The molecule has 2 heterocycles. The van der Waals surface area contributed by atoms with Gasteiger partial charge >= 0.3 is 0 Å². The van der Waals surface area contributed by atoms with Crippen molar-refractivity contribution < 1.29 is 0 Å². The van der Waals surface area contributed by atoms with Gasteiger partial charge in [-0.3, -0.25) is 5.10 Å². The zero-order valence-corrected chi connectivity index (χ0v) is 11.2. The molecule has 1 aliphatic rings. The lowest BCUT2D eigenvalue weighted by Gasteiger charge is -2.30. The third kappa shape index (κ3) is 2.60. The predicted octanol–water partition coefficient (Wildman–Crippen LogP) is 1.29. The second-order valence-corrected chi connectivity index (χ2v) is 5.52. The highest BCUT2D eigenvalue weighted by Gasteiger charge is 2.25. The first-order valence-electron chi connectivity index (χ1n) is 6.44. The SMILES string of the molecule is CCC(C)(C)c1nc(N2CCNC(C)C2)n[nH]1. The van der Waals surface area contributed by atoms with Crippen molar-refractivity contribution in [3.05, 3.63) is 5.82 Å². The van der Waals surface area contributed by atoms with Gasteiger partial charge in [0.05, 0.1) is 0 Å². The fraction of sp³-hybridized carbons (Fsp3) is 0.833. The van der Waals surface area contributed by atoms with E-state index >= 15 is 0 Å². The highest BCUT2D eigenvalue weighted by molar-refractivity contribution is 5.31. The highest BCUT2D eigenvalue weighted by atomic mass is 15.4. The van der Waals surface area contributed by atoms with E-state index in [2.05, 4.69) is 53.1 Å². The molecule has 0 radical (unpaired) electrons. The van der Waals surface area contributed by atoms with Crippen molar-refractivity contribution in [1.82, 2.24) is 20.5 Å². The van der Waals surface area contributed by atoms with Gasteiger partial charge in [-0.25, -0.2) is 0 Å². The summed E-state index contributed by atoms with van der Waals surface area (Å²) in [6.45, 7) is 11.7. The van der Waals surface area contributed by atoms with Crippen molar-refractivity contribution in [2.75, 3.05) is 24.5 Å². The summed E-state index contributed by atoms with van der Waals surface area (Å²) in [5, 5.41) is 10.9. The topological polar surface area (TPSA) is 56.8 Å². The lowest BCUT2D eigenvalue weighted by molar-refractivity contribution is 0.471. The van der Waals surface area contributed by atoms with Gasteiger partial charge in [-0.2, -0.15) is 4.98 Å². The zero-order valence-electron chi connectivity index (χ0n) is 11.2. The van der Waals surface area contributed by atoms with Gasteiger partial charge in [0.1, 0.15) is 5.82 Å². The third-order valence-corrected chi connectivity index (χ3v) is 3.65. The van der Waals surface area contributed by atoms with E-state index in [9.17, 15) is 0 Å². The first kappa shape index (κ1) is 12.4. The van der Waals surface area contributed by atoms with Gasteiger partial charge in [0, 0.05) is 31.1 Å². The molecular formula is C12H23N5. The van der Waals surface area contributed by atoms with Crippen molar-refractivity contribution in [1.29, 1.82) is 0 Å². The molecular weight excluding hydrogens is 214 g/mol. The summed E-state index contributed by atoms with van der Waals surface area (Å²) >= 11 is 0. The van der Waals surface area contributed by atoms with Gasteiger partial charge in [0.25, 0.3) is 0 Å². The van der Waals surface area contributed by atoms with E-state index in [0.717, 1.165) is 37.8 Å². The van der Waals surface area contributed by atoms with Crippen LogP contribution in [0.15, 0.2) is 0 Å². The summed E-state index contributed by atoms with van der Waals surface area (Å²) in [6, 6.07) is 0.505. The van der Waals surface area contributed by atoms with E-state index in [0.29, 0.717) is 6.04 Å². The Morgan fingerprint density at radius 3 is 2.88 bits per heavy atom. The van der Waals surface area contributed by atoms with E-state index in [-0.39, 0.29) is 5.41 Å². The summed E-state index contributed by atoms with van der Waals surface area (Å²) in [5.41, 5.74) is 0.0743. The van der Waals surface area contributed by atoms with Crippen molar-refractivity contribution >= 4 is 5.95 Å². The molecule has 0 amide bonds. The molecule has 0 aliphatic carbocycles. The van der Waals surface area contributed by atoms with Crippen LogP contribution in [0.2, 0.25) is 0 Å². The largest absolute Gasteiger partial charge is 0.337 e. The van der Waals surface area contributed by atoms with Crippen LogP contribution in [-0.2, 0) is 5.41 Å². The fourth-order valence-electron chi connectivity index (χ4n) is 1.98. The predicted molar refractivity (Wildman–Crippen MR) is 69.4 cm³/mol. The van der Waals surface area contributed by atoms with Crippen molar-refractivity contribution in [2.45, 2.75) is 45.6 Å². The molecule has 2 rings (SSSR count). The molecule has 96 valence electrons. The lowest BCUT2D eigenvalue weighted by Crippen LogP contribution is -2.49. The normalized spacial score (nSPS) is 21.9. The van der Waals surface area contributed by atoms with Crippen LogP contribution in [0, 0.1) is 0 Å². The van der Waals surface area contributed by atoms with E-state index in [1.807, 2.05) is 0 Å². The van der Waals surface area contributed by atoms with E-state index in [1.54, 1.807) is 0 Å². The molecule has 5 heteroatoms. The van der Waals surface area contributed by atoms with Crippen LogP contribution in [0.25, 0.3) is 0 Å². The molecule has 1 aromatic rings. The van der Waals surface area contributed by atoms with Crippen LogP contribution >= 0.6 is 0 Å². The maximum absolute atomic E-state index is 4.64. The summed E-state index contributed by atoms with van der Waals surface area (Å²) in [7, 11) is 0. The molecule has 1 unspecified atom stereocenters. The molecule has 1 saturated heterocycles. The molecule has 2 N–H and O–H groups in total. The van der Waals surface area contributed by atoms with Crippen LogP contribution in [0.1, 0.15) is 39.9 Å². The Bertz CT molecular complexity index is 371. The van der Waals surface area contributed by atoms with Gasteiger partial charge in [0.15, 0.2) is 0 Å². The van der Waals surface area contributed by atoms with Gasteiger partial charge < -0.3 is 10.2 Å². The monoisotopic (exact) mass is 237 g/mol. The Kier molecular flexibility index (Phi) is 3.38. The molecule has 0 bridgehead atoms. The lowest BCUT2D eigenvalue weighted by atomic mass is 9.90. The van der Waals surface area contributed by atoms with Crippen LogP contribution in [0.3, 0.4) is 0 Å². The summed E-state index contributed by atoms with van der Waals surface area (Å²) in [5.74, 6) is 1.83. The average molecular weight is 237 g/mol. The third-order valence-electron chi connectivity index (χ3n) is 3.65. The van der Waals surface area contributed by atoms with Gasteiger partial charge in [-0.1, -0.05) is 20.8 Å². The number of rotatable bonds is 3. The minimum Gasteiger partial charge on any atom is -0.337 e. The van der Waals surface area contributed by atoms with Crippen LogP contribution in [-0.4, -0.2) is 40.9 Å². The van der Waals surface area contributed by atoms with Crippen molar-refractivity contribution in [2.24, 2.45) is 0 Å². The molecule has 1 aliphatic heterocycles. The molecule has 17 heavy (non-hydrogen) atoms. The van der Waals surface area contributed by atoms with Gasteiger partial charge in [-0.05, 0) is 13.3 Å².